The van der Waals surface area contributed by atoms with Crippen molar-refractivity contribution in [3.8, 4) is 11.5 Å². The standard InChI is InChI=1S/C17H20N4O4/c1-18-17(19-11-12-6-4-5-7-14(12)21(22)23)20-13-8-9-15(24-2)16(10-13)25-3/h4-10H,11H2,1-3H3,(H2,18,19,20). The zero-order chi connectivity index (χ0) is 18.2. The number of para-hydroxylation sites is 1. The molecule has 2 aromatic rings. The first kappa shape index (κ1) is 18.1. The van der Waals surface area contributed by atoms with E-state index in [0.717, 1.165) is 5.69 Å². The summed E-state index contributed by atoms with van der Waals surface area (Å²) in [5.74, 6) is 1.68. The second kappa shape index (κ2) is 8.53. The van der Waals surface area contributed by atoms with Crippen LogP contribution < -0.4 is 20.1 Å². The lowest BCUT2D eigenvalue weighted by Gasteiger charge is -2.14. The van der Waals surface area contributed by atoms with Crippen molar-refractivity contribution in [1.82, 2.24) is 5.32 Å². The van der Waals surface area contributed by atoms with E-state index in [2.05, 4.69) is 15.6 Å². The minimum absolute atomic E-state index is 0.0663. The second-order valence-electron chi connectivity index (χ2n) is 5.01. The van der Waals surface area contributed by atoms with Crippen molar-refractivity contribution in [3.63, 3.8) is 0 Å². The average molecular weight is 344 g/mol. The maximum absolute atomic E-state index is 11.1. The van der Waals surface area contributed by atoms with Crippen LogP contribution >= 0.6 is 0 Å². The van der Waals surface area contributed by atoms with Gasteiger partial charge in [0.15, 0.2) is 17.5 Å². The highest BCUT2D eigenvalue weighted by molar-refractivity contribution is 5.93. The van der Waals surface area contributed by atoms with Crippen LogP contribution in [0.15, 0.2) is 47.5 Å². The summed E-state index contributed by atoms with van der Waals surface area (Å²) in [6.07, 6.45) is 0. The van der Waals surface area contributed by atoms with Crippen molar-refractivity contribution >= 4 is 17.3 Å². The summed E-state index contributed by atoms with van der Waals surface area (Å²) < 4.78 is 10.5. The van der Waals surface area contributed by atoms with Crippen molar-refractivity contribution in [3.05, 3.63) is 58.1 Å². The summed E-state index contributed by atoms with van der Waals surface area (Å²) in [5, 5.41) is 17.2. The highest BCUT2D eigenvalue weighted by Gasteiger charge is 2.12. The fourth-order valence-electron chi connectivity index (χ4n) is 2.25. The molecule has 0 amide bonds. The molecule has 0 saturated heterocycles. The van der Waals surface area contributed by atoms with Crippen molar-refractivity contribution < 1.29 is 14.4 Å². The first-order valence-electron chi connectivity index (χ1n) is 7.51. The molecule has 0 aliphatic carbocycles. The van der Waals surface area contributed by atoms with Crippen LogP contribution in [0.2, 0.25) is 0 Å². The lowest BCUT2D eigenvalue weighted by molar-refractivity contribution is -0.385. The van der Waals surface area contributed by atoms with E-state index in [1.54, 1.807) is 51.6 Å². The number of aliphatic imine (C=N–C) groups is 1. The number of nitro groups is 1. The quantitative estimate of drug-likeness (QED) is 0.362. The molecule has 0 saturated carbocycles. The molecule has 25 heavy (non-hydrogen) atoms. The predicted molar refractivity (Wildman–Crippen MR) is 96.5 cm³/mol. The number of nitrogens with zero attached hydrogens (tertiary/aromatic N) is 2. The zero-order valence-corrected chi connectivity index (χ0v) is 14.3. The second-order valence-corrected chi connectivity index (χ2v) is 5.01. The SMILES string of the molecule is CN=C(NCc1ccccc1[N+](=O)[O-])Nc1ccc(OC)c(OC)c1. The molecule has 0 aromatic heterocycles. The molecule has 8 nitrogen and oxygen atoms in total. The third kappa shape index (κ3) is 4.60. The van der Waals surface area contributed by atoms with E-state index in [9.17, 15) is 10.1 Å². The Bertz CT molecular complexity index is 777. The fourth-order valence-corrected chi connectivity index (χ4v) is 2.25. The number of methoxy groups -OCH3 is 2. The van der Waals surface area contributed by atoms with Crippen LogP contribution in [-0.2, 0) is 6.54 Å². The highest BCUT2D eigenvalue weighted by atomic mass is 16.6. The Balaban J connectivity index is 2.08. The molecule has 2 N–H and O–H groups in total. The van der Waals surface area contributed by atoms with Gasteiger partial charge in [0.25, 0.3) is 5.69 Å². The van der Waals surface area contributed by atoms with Crippen LogP contribution in [0.5, 0.6) is 11.5 Å². The van der Waals surface area contributed by atoms with Crippen molar-refractivity contribution in [1.29, 1.82) is 0 Å². The van der Waals surface area contributed by atoms with Gasteiger partial charge in [-0.2, -0.15) is 0 Å². The Hall–Kier alpha value is -3.29. The molecule has 0 heterocycles. The van der Waals surface area contributed by atoms with Crippen LogP contribution in [0.25, 0.3) is 0 Å². The van der Waals surface area contributed by atoms with Gasteiger partial charge >= 0.3 is 0 Å². The zero-order valence-electron chi connectivity index (χ0n) is 14.3. The highest BCUT2D eigenvalue weighted by Crippen LogP contribution is 2.29. The molecule has 2 aromatic carbocycles. The fraction of sp³-hybridized carbons (Fsp3) is 0.235. The minimum Gasteiger partial charge on any atom is -0.493 e. The third-order valence-corrected chi connectivity index (χ3v) is 3.50. The Kier molecular flexibility index (Phi) is 6.16. The monoisotopic (exact) mass is 344 g/mol. The molecule has 0 fully saturated rings. The Morgan fingerprint density at radius 2 is 1.88 bits per heavy atom. The van der Waals surface area contributed by atoms with Gasteiger partial charge in [-0.3, -0.25) is 15.1 Å². The molecule has 0 aliphatic heterocycles. The van der Waals surface area contributed by atoms with Gasteiger partial charge in [0.05, 0.1) is 19.1 Å². The van der Waals surface area contributed by atoms with Crippen molar-refractivity contribution in [2.45, 2.75) is 6.54 Å². The van der Waals surface area contributed by atoms with Gasteiger partial charge in [0.1, 0.15) is 0 Å². The number of benzene rings is 2. The molecule has 2 rings (SSSR count). The Labute approximate surface area is 145 Å². The summed E-state index contributed by atoms with van der Waals surface area (Å²) in [5.41, 5.74) is 1.38. The summed E-state index contributed by atoms with van der Waals surface area (Å²) in [7, 11) is 4.75. The van der Waals surface area contributed by atoms with E-state index in [-0.39, 0.29) is 12.2 Å². The van der Waals surface area contributed by atoms with Crippen LogP contribution in [0.4, 0.5) is 11.4 Å². The summed E-state index contributed by atoms with van der Waals surface area (Å²) in [4.78, 5) is 14.8. The number of anilines is 1. The van der Waals surface area contributed by atoms with Crippen molar-refractivity contribution in [2.75, 3.05) is 26.6 Å². The Morgan fingerprint density at radius 1 is 1.16 bits per heavy atom. The topological polar surface area (TPSA) is 98.0 Å². The summed E-state index contributed by atoms with van der Waals surface area (Å²) in [6, 6.07) is 11.9. The molecule has 0 spiro atoms. The smallest absolute Gasteiger partial charge is 0.274 e. The number of nitro benzene ring substituents is 1. The number of rotatable bonds is 6. The van der Waals surface area contributed by atoms with E-state index in [1.807, 2.05) is 6.07 Å². The Morgan fingerprint density at radius 3 is 2.52 bits per heavy atom. The van der Waals surface area contributed by atoms with E-state index >= 15 is 0 Å². The maximum Gasteiger partial charge on any atom is 0.274 e. The number of nitrogens with one attached hydrogen (secondary N) is 2. The number of hydrogen-bond acceptors (Lipinski definition) is 5. The van der Waals surface area contributed by atoms with E-state index in [4.69, 9.17) is 9.47 Å². The normalized spacial score (nSPS) is 10.9. The van der Waals surface area contributed by atoms with Gasteiger partial charge in [0.2, 0.25) is 0 Å². The van der Waals surface area contributed by atoms with Gasteiger partial charge in [-0.05, 0) is 12.1 Å². The van der Waals surface area contributed by atoms with E-state index in [0.29, 0.717) is 23.0 Å². The molecule has 0 aliphatic rings. The van der Waals surface area contributed by atoms with Gasteiger partial charge < -0.3 is 20.1 Å². The van der Waals surface area contributed by atoms with Gasteiger partial charge in [-0.1, -0.05) is 18.2 Å². The molecule has 132 valence electrons. The third-order valence-electron chi connectivity index (χ3n) is 3.50. The first-order valence-corrected chi connectivity index (χ1v) is 7.51. The molecule has 0 radical (unpaired) electrons. The minimum atomic E-state index is -0.401. The van der Waals surface area contributed by atoms with Crippen LogP contribution in [0.3, 0.4) is 0 Å². The molecular formula is C17H20N4O4. The van der Waals surface area contributed by atoms with Gasteiger partial charge in [0, 0.05) is 37.0 Å². The molecule has 8 heteroatoms. The van der Waals surface area contributed by atoms with Crippen LogP contribution in [0.1, 0.15) is 5.56 Å². The predicted octanol–water partition coefficient (Wildman–Crippen LogP) is 2.80. The lowest BCUT2D eigenvalue weighted by Crippen LogP contribution is -2.30. The maximum atomic E-state index is 11.1. The van der Waals surface area contributed by atoms with Gasteiger partial charge in [-0.25, -0.2) is 0 Å². The number of hydrogen-bond donors (Lipinski definition) is 2. The van der Waals surface area contributed by atoms with E-state index < -0.39 is 4.92 Å². The summed E-state index contributed by atoms with van der Waals surface area (Å²) in [6.45, 7) is 0.268. The molecule has 0 unspecified atom stereocenters. The number of guanidine groups is 1. The lowest BCUT2D eigenvalue weighted by atomic mass is 10.2. The molecule has 0 atom stereocenters. The van der Waals surface area contributed by atoms with Crippen molar-refractivity contribution in [2.24, 2.45) is 4.99 Å². The first-order chi connectivity index (χ1) is 12.1. The average Bonchev–Trinajstić information content (AvgIpc) is 2.64. The van der Waals surface area contributed by atoms with Crippen LogP contribution in [0, 0.1) is 10.1 Å². The summed E-state index contributed by atoms with van der Waals surface area (Å²) >= 11 is 0. The molecular weight excluding hydrogens is 324 g/mol. The largest absolute Gasteiger partial charge is 0.493 e. The molecule has 0 bridgehead atoms. The van der Waals surface area contributed by atoms with E-state index in [1.165, 1.54) is 6.07 Å². The van der Waals surface area contributed by atoms with Gasteiger partial charge in [-0.15, -0.1) is 0 Å². The number of ether oxygens (including phenoxy) is 2. The van der Waals surface area contributed by atoms with Crippen LogP contribution in [-0.4, -0.2) is 32.2 Å².